The Hall–Kier alpha value is -0.0400. The molecule has 0 bridgehead atoms. The number of unbranched alkanes of at least 4 members (excludes halogenated alkanes) is 2. The maximum atomic E-state index is 8.93. The summed E-state index contributed by atoms with van der Waals surface area (Å²) in [6, 6.07) is 0. The van der Waals surface area contributed by atoms with Gasteiger partial charge in [-0.05, 0) is 18.8 Å². The van der Waals surface area contributed by atoms with Crippen LogP contribution in [0.15, 0.2) is 0 Å². The van der Waals surface area contributed by atoms with Crippen LogP contribution < -0.4 is 0 Å². The number of hydrogen-bond acceptors (Lipinski definition) is 1. The van der Waals surface area contributed by atoms with Crippen LogP contribution in [0.5, 0.6) is 0 Å². The lowest BCUT2D eigenvalue weighted by molar-refractivity contribution is 0.255. The van der Waals surface area contributed by atoms with Crippen molar-refractivity contribution in [2.45, 2.75) is 45.1 Å². The van der Waals surface area contributed by atoms with Gasteiger partial charge in [-0.1, -0.05) is 26.2 Å². The molecule has 0 spiro atoms. The van der Waals surface area contributed by atoms with E-state index in [0.29, 0.717) is 5.92 Å². The molecule has 1 saturated carbocycles. The molecule has 0 aromatic heterocycles. The van der Waals surface area contributed by atoms with Gasteiger partial charge in [0.1, 0.15) is 0 Å². The van der Waals surface area contributed by atoms with Gasteiger partial charge in [0.25, 0.3) is 0 Å². The van der Waals surface area contributed by atoms with E-state index in [1.54, 1.807) is 0 Å². The Labute approximate surface area is 57.1 Å². The van der Waals surface area contributed by atoms with E-state index in [4.69, 9.17) is 5.11 Å². The van der Waals surface area contributed by atoms with E-state index in [2.05, 4.69) is 6.92 Å². The second-order valence-electron chi connectivity index (χ2n) is 3.06. The summed E-state index contributed by atoms with van der Waals surface area (Å²) in [7, 11) is 0. The first-order valence-electron chi connectivity index (χ1n) is 4.02. The Morgan fingerprint density at radius 3 is 2.56 bits per heavy atom. The minimum atomic E-state index is 0.0712. The zero-order valence-corrected chi connectivity index (χ0v) is 6.14. The van der Waals surface area contributed by atoms with Crippen LogP contribution in [-0.4, -0.2) is 11.2 Å². The molecule has 0 aliphatic heterocycles. The molecule has 0 unspecified atom stereocenters. The second kappa shape index (κ2) is 3.21. The molecule has 9 heavy (non-hydrogen) atoms. The molecule has 1 rings (SSSR count). The van der Waals surface area contributed by atoms with E-state index in [0.717, 1.165) is 6.42 Å². The zero-order chi connectivity index (χ0) is 6.69. The highest BCUT2D eigenvalue weighted by atomic mass is 16.3. The topological polar surface area (TPSA) is 20.2 Å². The van der Waals surface area contributed by atoms with Crippen molar-refractivity contribution in [1.29, 1.82) is 0 Å². The van der Waals surface area contributed by atoms with Gasteiger partial charge in [-0.25, -0.2) is 0 Å². The van der Waals surface area contributed by atoms with Gasteiger partial charge in [-0.2, -0.15) is 0 Å². The molecule has 54 valence electrons. The lowest BCUT2D eigenvalue weighted by Gasteiger charge is -1.93. The first-order chi connectivity index (χ1) is 4.34. The number of aliphatic hydroxyl groups is 1. The van der Waals surface area contributed by atoms with Gasteiger partial charge in [-0.15, -0.1) is 0 Å². The lowest BCUT2D eigenvalue weighted by Crippen LogP contribution is -1.85. The Bertz CT molecular complexity index is 80.6. The zero-order valence-electron chi connectivity index (χ0n) is 6.14. The highest BCUT2D eigenvalue weighted by Gasteiger charge is 2.33. The van der Waals surface area contributed by atoms with Crippen LogP contribution in [0.25, 0.3) is 0 Å². The highest BCUT2D eigenvalue weighted by molar-refractivity contribution is 4.84. The summed E-state index contributed by atoms with van der Waals surface area (Å²) in [5.41, 5.74) is 0. The standard InChI is InChI=1S/C8H16O/c1-2-3-4-5-7-6-8(7)9/h7-9H,2-6H2,1H3/t7-,8-/m1/s1. The Morgan fingerprint density at radius 2 is 2.11 bits per heavy atom. The third-order valence-corrected chi connectivity index (χ3v) is 2.06. The second-order valence-corrected chi connectivity index (χ2v) is 3.06. The van der Waals surface area contributed by atoms with Crippen LogP contribution in [0.1, 0.15) is 39.0 Å². The summed E-state index contributed by atoms with van der Waals surface area (Å²) < 4.78 is 0. The van der Waals surface area contributed by atoms with Gasteiger partial charge in [0.05, 0.1) is 6.10 Å². The molecule has 0 saturated heterocycles. The summed E-state index contributed by atoms with van der Waals surface area (Å²) in [5, 5.41) is 8.93. The van der Waals surface area contributed by atoms with Crippen LogP contribution in [0.3, 0.4) is 0 Å². The molecule has 1 aliphatic carbocycles. The highest BCUT2D eigenvalue weighted by Crippen LogP contribution is 2.34. The van der Waals surface area contributed by atoms with Crippen molar-refractivity contribution < 1.29 is 5.11 Å². The van der Waals surface area contributed by atoms with E-state index in [1.807, 2.05) is 0 Å². The quantitative estimate of drug-likeness (QED) is 0.574. The van der Waals surface area contributed by atoms with Crippen molar-refractivity contribution in [3.63, 3.8) is 0 Å². The monoisotopic (exact) mass is 128 g/mol. The van der Waals surface area contributed by atoms with Crippen LogP contribution in [-0.2, 0) is 0 Å². The van der Waals surface area contributed by atoms with E-state index in [1.165, 1.54) is 25.7 Å². The third kappa shape index (κ3) is 2.35. The van der Waals surface area contributed by atoms with Gasteiger partial charge in [0.15, 0.2) is 0 Å². The van der Waals surface area contributed by atoms with Crippen molar-refractivity contribution in [2.24, 2.45) is 5.92 Å². The number of rotatable bonds is 4. The lowest BCUT2D eigenvalue weighted by atomic mass is 10.1. The number of hydrogen-bond donors (Lipinski definition) is 1. The average Bonchev–Trinajstić information content (AvgIpc) is 2.48. The van der Waals surface area contributed by atoms with Crippen LogP contribution in [0.4, 0.5) is 0 Å². The number of aliphatic hydroxyl groups excluding tert-OH is 1. The molecule has 2 atom stereocenters. The van der Waals surface area contributed by atoms with Gasteiger partial charge in [0.2, 0.25) is 0 Å². The smallest absolute Gasteiger partial charge is 0.0573 e. The predicted octanol–water partition coefficient (Wildman–Crippen LogP) is 1.95. The minimum Gasteiger partial charge on any atom is -0.393 e. The molecule has 0 aromatic rings. The molecule has 1 aliphatic rings. The molecule has 1 fully saturated rings. The maximum Gasteiger partial charge on any atom is 0.0573 e. The van der Waals surface area contributed by atoms with Crippen molar-refractivity contribution in [2.75, 3.05) is 0 Å². The summed E-state index contributed by atoms with van der Waals surface area (Å²) in [4.78, 5) is 0. The van der Waals surface area contributed by atoms with Crippen LogP contribution >= 0.6 is 0 Å². The molecular weight excluding hydrogens is 112 g/mol. The molecule has 1 heteroatoms. The Balaban J connectivity index is 1.83. The van der Waals surface area contributed by atoms with Crippen LogP contribution in [0.2, 0.25) is 0 Å². The molecule has 0 radical (unpaired) electrons. The van der Waals surface area contributed by atoms with E-state index in [-0.39, 0.29) is 6.10 Å². The van der Waals surface area contributed by atoms with E-state index >= 15 is 0 Å². The van der Waals surface area contributed by atoms with Gasteiger partial charge >= 0.3 is 0 Å². The van der Waals surface area contributed by atoms with Crippen molar-refractivity contribution >= 4 is 0 Å². The largest absolute Gasteiger partial charge is 0.393 e. The molecular formula is C8H16O. The summed E-state index contributed by atoms with van der Waals surface area (Å²) in [5.74, 6) is 0.677. The van der Waals surface area contributed by atoms with E-state index < -0.39 is 0 Å². The fraction of sp³-hybridized carbons (Fsp3) is 1.00. The van der Waals surface area contributed by atoms with Crippen molar-refractivity contribution in [3.05, 3.63) is 0 Å². The van der Waals surface area contributed by atoms with Crippen molar-refractivity contribution in [1.82, 2.24) is 0 Å². The molecule has 1 N–H and O–H groups in total. The van der Waals surface area contributed by atoms with Gasteiger partial charge < -0.3 is 5.11 Å². The fourth-order valence-electron chi connectivity index (χ4n) is 1.20. The Morgan fingerprint density at radius 1 is 1.44 bits per heavy atom. The molecule has 0 heterocycles. The predicted molar refractivity (Wildman–Crippen MR) is 38.3 cm³/mol. The third-order valence-electron chi connectivity index (χ3n) is 2.06. The summed E-state index contributed by atoms with van der Waals surface area (Å²) in [6.07, 6.45) is 6.35. The Kier molecular flexibility index (Phi) is 2.52. The minimum absolute atomic E-state index is 0.0712. The first kappa shape index (κ1) is 7.07. The first-order valence-corrected chi connectivity index (χ1v) is 4.02. The molecule has 0 aromatic carbocycles. The molecule has 0 amide bonds. The average molecular weight is 128 g/mol. The van der Waals surface area contributed by atoms with Gasteiger partial charge in [-0.3, -0.25) is 0 Å². The van der Waals surface area contributed by atoms with Gasteiger partial charge in [0, 0.05) is 0 Å². The van der Waals surface area contributed by atoms with Crippen LogP contribution in [0, 0.1) is 5.92 Å². The normalized spacial score (nSPS) is 32.7. The summed E-state index contributed by atoms with van der Waals surface area (Å²) in [6.45, 7) is 2.21. The summed E-state index contributed by atoms with van der Waals surface area (Å²) >= 11 is 0. The maximum absolute atomic E-state index is 8.93. The SMILES string of the molecule is CCCCC[C@@H]1C[C@H]1O. The van der Waals surface area contributed by atoms with Crippen molar-refractivity contribution in [3.8, 4) is 0 Å². The molecule has 1 nitrogen and oxygen atoms in total. The van der Waals surface area contributed by atoms with E-state index in [9.17, 15) is 0 Å². The fourth-order valence-corrected chi connectivity index (χ4v) is 1.20.